The van der Waals surface area contributed by atoms with E-state index in [-0.39, 0.29) is 29.7 Å². The highest BCUT2D eigenvalue weighted by Crippen LogP contribution is 2.47. The lowest BCUT2D eigenvalue weighted by molar-refractivity contribution is 0.669. The first-order valence-electron chi connectivity index (χ1n) is 18.9. The van der Waals surface area contributed by atoms with Crippen LogP contribution < -0.4 is 0 Å². The van der Waals surface area contributed by atoms with Crippen molar-refractivity contribution in [1.29, 1.82) is 0 Å². The van der Waals surface area contributed by atoms with Crippen LogP contribution in [0, 0.1) is 0 Å². The molecule has 49 heavy (non-hydrogen) atoms. The van der Waals surface area contributed by atoms with Crippen LogP contribution in [-0.2, 0) is 0 Å². The van der Waals surface area contributed by atoms with Gasteiger partial charge in [-0.15, -0.1) is 0 Å². The SMILES string of the molecule is [2H]c1c([2H])c([2H])c(-c2ccc3oc4cccc(-c5c6ccccc6c(-c6cccc(-c7cccc8ccccc78)c6)c6ccccc56)c4c3c2)c([2H])c1[2H]. The molecule has 10 rings (SSSR count). The fraction of sp³-hybridized carbons (Fsp3) is 0. The lowest BCUT2D eigenvalue weighted by Gasteiger charge is -2.19. The normalized spacial score (nSPS) is 13.1. The van der Waals surface area contributed by atoms with Gasteiger partial charge in [0, 0.05) is 10.8 Å². The number of benzene rings is 9. The molecule has 0 N–H and O–H groups in total. The second-order valence-electron chi connectivity index (χ2n) is 12.4. The molecule has 1 heteroatoms. The third-order valence-electron chi connectivity index (χ3n) is 9.74. The van der Waals surface area contributed by atoms with E-state index in [9.17, 15) is 0 Å². The van der Waals surface area contributed by atoms with Crippen molar-refractivity contribution < 1.29 is 11.3 Å². The topological polar surface area (TPSA) is 13.1 Å². The fourth-order valence-electron chi connectivity index (χ4n) is 7.63. The van der Waals surface area contributed by atoms with Crippen LogP contribution in [-0.4, -0.2) is 0 Å². The summed E-state index contributed by atoms with van der Waals surface area (Å²) in [5.41, 5.74) is 8.80. The van der Waals surface area contributed by atoms with Gasteiger partial charge in [-0.05, 0) is 101 Å². The molecule has 0 aliphatic rings. The first kappa shape index (κ1) is 23.0. The molecule has 10 aromatic rings. The van der Waals surface area contributed by atoms with E-state index in [1.54, 1.807) is 6.07 Å². The van der Waals surface area contributed by atoms with Crippen molar-refractivity contribution in [2.75, 3.05) is 0 Å². The van der Waals surface area contributed by atoms with Crippen LogP contribution in [0.1, 0.15) is 6.85 Å². The largest absolute Gasteiger partial charge is 0.456 e. The highest BCUT2D eigenvalue weighted by Gasteiger charge is 2.21. The summed E-state index contributed by atoms with van der Waals surface area (Å²) in [6.45, 7) is 0. The van der Waals surface area contributed by atoms with Crippen molar-refractivity contribution in [3.05, 3.63) is 182 Å². The molecule has 0 bridgehead atoms. The number of furan rings is 1. The van der Waals surface area contributed by atoms with Crippen LogP contribution in [0.4, 0.5) is 0 Å². The van der Waals surface area contributed by atoms with Gasteiger partial charge < -0.3 is 4.42 Å². The number of hydrogen-bond donors (Lipinski definition) is 0. The van der Waals surface area contributed by atoms with Crippen molar-refractivity contribution in [2.45, 2.75) is 0 Å². The number of fused-ring (bicyclic) bond motifs is 6. The van der Waals surface area contributed by atoms with Crippen LogP contribution in [0.15, 0.2) is 186 Å². The van der Waals surface area contributed by atoms with E-state index in [4.69, 9.17) is 11.3 Å². The van der Waals surface area contributed by atoms with Gasteiger partial charge in [0.2, 0.25) is 0 Å². The van der Waals surface area contributed by atoms with Crippen LogP contribution in [0.25, 0.3) is 98.8 Å². The average Bonchev–Trinajstić information content (AvgIpc) is 3.60. The molecule has 0 spiro atoms. The molecule has 0 fully saturated rings. The molecular weight excluding hydrogens is 593 g/mol. The van der Waals surface area contributed by atoms with Gasteiger partial charge in [0.1, 0.15) is 11.2 Å². The Balaban J connectivity index is 1.24. The van der Waals surface area contributed by atoms with E-state index in [1.165, 1.54) is 21.9 Å². The molecule has 1 heterocycles. The van der Waals surface area contributed by atoms with Crippen molar-refractivity contribution >= 4 is 54.3 Å². The summed E-state index contributed by atoms with van der Waals surface area (Å²) in [6, 6.07) is 51.0. The summed E-state index contributed by atoms with van der Waals surface area (Å²) in [6.07, 6.45) is 0. The lowest BCUT2D eigenvalue weighted by atomic mass is 9.84. The van der Waals surface area contributed by atoms with Gasteiger partial charge in [-0.25, -0.2) is 0 Å². The second-order valence-corrected chi connectivity index (χ2v) is 12.4. The zero-order valence-electron chi connectivity index (χ0n) is 31.3. The monoisotopic (exact) mass is 627 g/mol. The van der Waals surface area contributed by atoms with Gasteiger partial charge >= 0.3 is 0 Å². The van der Waals surface area contributed by atoms with Crippen LogP contribution in [0.2, 0.25) is 0 Å². The van der Waals surface area contributed by atoms with E-state index in [0.717, 1.165) is 54.6 Å². The Bertz CT molecular complexity index is 3090. The van der Waals surface area contributed by atoms with Gasteiger partial charge in [-0.1, -0.05) is 158 Å². The average molecular weight is 628 g/mol. The molecule has 0 atom stereocenters. The van der Waals surface area contributed by atoms with Crippen molar-refractivity contribution in [3.63, 3.8) is 0 Å². The molecular formula is C48H30O. The van der Waals surface area contributed by atoms with E-state index in [1.807, 2.05) is 24.3 Å². The molecule has 9 aromatic carbocycles. The molecule has 0 amide bonds. The van der Waals surface area contributed by atoms with Gasteiger partial charge in [-0.2, -0.15) is 0 Å². The lowest BCUT2D eigenvalue weighted by Crippen LogP contribution is -1.92. The molecule has 228 valence electrons. The van der Waals surface area contributed by atoms with Gasteiger partial charge in [0.15, 0.2) is 0 Å². The number of rotatable bonds is 4. The van der Waals surface area contributed by atoms with Crippen molar-refractivity contribution in [3.8, 4) is 44.5 Å². The predicted octanol–water partition coefficient (Wildman–Crippen LogP) is 13.7. The minimum Gasteiger partial charge on any atom is -0.456 e. The Morgan fingerprint density at radius 2 is 0.980 bits per heavy atom. The Morgan fingerprint density at radius 1 is 0.367 bits per heavy atom. The summed E-state index contributed by atoms with van der Waals surface area (Å²) in [5, 5.41) is 8.61. The van der Waals surface area contributed by atoms with E-state index in [2.05, 4.69) is 121 Å². The van der Waals surface area contributed by atoms with Gasteiger partial charge in [0.05, 0.1) is 6.85 Å². The van der Waals surface area contributed by atoms with Crippen LogP contribution in [0.3, 0.4) is 0 Å². The smallest absolute Gasteiger partial charge is 0.136 e. The highest BCUT2D eigenvalue weighted by atomic mass is 16.3. The fourth-order valence-corrected chi connectivity index (χ4v) is 7.63. The summed E-state index contributed by atoms with van der Waals surface area (Å²) in [7, 11) is 0. The van der Waals surface area contributed by atoms with E-state index in [0.29, 0.717) is 16.7 Å². The summed E-state index contributed by atoms with van der Waals surface area (Å²) >= 11 is 0. The molecule has 0 radical (unpaired) electrons. The third kappa shape index (κ3) is 4.40. The van der Waals surface area contributed by atoms with Crippen LogP contribution in [0.5, 0.6) is 0 Å². The Morgan fingerprint density at radius 3 is 1.76 bits per heavy atom. The summed E-state index contributed by atoms with van der Waals surface area (Å²) in [5.74, 6) is 0. The Hall–Kier alpha value is -6.44. The van der Waals surface area contributed by atoms with Crippen molar-refractivity contribution in [1.82, 2.24) is 0 Å². The third-order valence-corrected chi connectivity index (χ3v) is 9.74. The molecule has 1 nitrogen and oxygen atoms in total. The first-order valence-corrected chi connectivity index (χ1v) is 16.4. The molecule has 0 aliphatic carbocycles. The highest BCUT2D eigenvalue weighted by molar-refractivity contribution is 6.26. The minimum absolute atomic E-state index is 0.167. The quantitative estimate of drug-likeness (QED) is 0.177. The summed E-state index contributed by atoms with van der Waals surface area (Å²) in [4.78, 5) is 0. The summed E-state index contributed by atoms with van der Waals surface area (Å²) < 4.78 is 48.4. The maximum Gasteiger partial charge on any atom is 0.136 e. The minimum atomic E-state index is -0.409. The number of hydrogen-bond acceptors (Lipinski definition) is 1. The molecule has 0 saturated heterocycles. The van der Waals surface area contributed by atoms with E-state index < -0.39 is 6.04 Å². The second kappa shape index (κ2) is 11.1. The zero-order valence-corrected chi connectivity index (χ0v) is 26.3. The van der Waals surface area contributed by atoms with E-state index >= 15 is 0 Å². The predicted molar refractivity (Wildman–Crippen MR) is 208 cm³/mol. The van der Waals surface area contributed by atoms with Gasteiger partial charge in [-0.3, -0.25) is 0 Å². The Labute approximate surface area is 291 Å². The zero-order chi connectivity index (χ0) is 36.7. The van der Waals surface area contributed by atoms with Crippen LogP contribution >= 0.6 is 0 Å². The maximum absolute atomic E-state index is 8.66. The van der Waals surface area contributed by atoms with Gasteiger partial charge in [0.25, 0.3) is 0 Å². The maximum atomic E-state index is 8.66. The first-order chi connectivity index (χ1) is 26.4. The molecule has 1 aromatic heterocycles. The molecule has 0 aliphatic heterocycles. The standard InChI is InChI=1S/C48H30O/c1-2-13-31(14-3-1)33-27-28-44-43(30-33)48-42(25-12-26-45(48)49-44)47-40-22-8-6-20-38(40)46(39-21-7-9-23-41(39)47)35-18-10-17-34(29-35)37-24-11-16-32-15-4-5-19-36(32)37/h1-30H/i1D,2D,3D,13D,14D. The molecule has 0 saturated carbocycles. The van der Waals surface area contributed by atoms with Crippen molar-refractivity contribution in [2.24, 2.45) is 0 Å². The molecule has 0 unspecified atom stereocenters. The Kier molecular flexibility index (Phi) is 5.20.